The number of carbonyl (C=O) groups is 2. The Morgan fingerprint density at radius 2 is 1.97 bits per heavy atom. The van der Waals surface area contributed by atoms with Gasteiger partial charge in [0.15, 0.2) is 17.3 Å². The first-order chi connectivity index (χ1) is 16.6. The molecule has 0 saturated heterocycles. The van der Waals surface area contributed by atoms with Crippen molar-refractivity contribution in [2.75, 3.05) is 47.1 Å². The summed E-state index contributed by atoms with van der Waals surface area (Å²) in [6.45, 7) is 1.35. The molecule has 8 nitrogen and oxygen atoms in total. The first-order valence-electron chi connectivity index (χ1n) is 11.1. The van der Waals surface area contributed by atoms with Gasteiger partial charge in [0.05, 0.1) is 26.0 Å². The number of furan rings is 1. The Hall–Kier alpha value is -3.30. The summed E-state index contributed by atoms with van der Waals surface area (Å²) in [5.74, 6) is 0.955. The highest BCUT2D eigenvalue weighted by atomic mass is 32.1. The van der Waals surface area contributed by atoms with E-state index in [1.807, 2.05) is 35.7 Å². The fraction of sp³-hybridized carbons (Fsp3) is 0.360. The van der Waals surface area contributed by atoms with E-state index in [4.69, 9.17) is 18.6 Å². The molecule has 1 aliphatic rings. The third kappa shape index (κ3) is 5.26. The van der Waals surface area contributed by atoms with Crippen molar-refractivity contribution in [2.45, 2.75) is 12.5 Å². The maximum atomic E-state index is 13.5. The van der Waals surface area contributed by atoms with Crippen molar-refractivity contribution in [3.8, 4) is 11.5 Å². The molecule has 0 spiro atoms. The monoisotopic (exact) mass is 484 g/mol. The number of nitrogens with zero attached hydrogens (tertiary/aromatic N) is 2. The van der Waals surface area contributed by atoms with Gasteiger partial charge in [0.1, 0.15) is 13.2 Å². The van der Waals surface area contributed by atoms with E-state index in [9.17, 15) is 9.59 Å². The molecule has 9 heteroatoms. The second kappa shape index (κ2) is 11.2. The molecule has 3 aromatic rings. The van der Waals surface area contributed by atoms with Crippen LogP contribution in [0.2, 0.25) is 0 Å². The molecule has 3 heterocycles. The summed E-state index contributed by atoms with van der Waals surface area (Å²) in [5.41, 5.74) is 1.08. The largest absolute Gasteiger partial charge is 0.493 e. The SMILES string of the molecule is COCCN(CC(=O)N1CCc2sccc2[C@@H]1COc1ccccc1OC)C(=O)c1ccco1. The highest BCUT2D eigenvalue weighted by molar-refractivity contribution is 7.10. The number of ether oxygens (including phenoxy) is 3. The number of hydrogen-bond donors (Lipinski definition) is 0. The molecule has 0 unspecified atom stereocenters. The van der Waals surface area contributed by atoms with E-state index >= 15 is 0 Å². The number of hydrogen-bond acceptors (Lipinski definition) is 7. The molecule has 1 aliphatic heterocycles. The van der Waals surface area contributed by atoms with E-state index in [0.29, 0.717) is 24.7 Å². The van der Waals surface area contributed by atoms with Gasteiger partial charge < -0.3 is 28.4 Å². The summed E-state index contributed by atoms with van der Waals surface area (Å²) in [6, 6.07) is 12.5. The van der Waals surface area contributed by atoms with Gasteiger partial charge in [-0.2, -0.15) is 0 Å². The van der Waals surface area contributed by atoms with E-state index < -0.39 is 0 Å². The van der Waals surface area contributed by atoms with Crippen LogP contribution in [0.3, 0.4) is 0 Å². The highest BCUT2D eigenvalue weighted by Crippen LogP contribution is 2.35. The van der Waals surface area contributed by atoms with Crippen molar-refractivity contribution in [3.05, 3.63) is 70.3 Å². The average molecular weight is 485 g/mol. The number of rotatable bonds is 10. The highest BCUT2D eigenvalue weighted by Gasteiger charge is 2.34. The molecule has 2 aromatic heterocycles. The lowest BCUT2D eigenvalue weighted by atomic mass is 10.0. The number of fused-ring (bicyclic) bond motifs is 1. The molecule has 0 bridgehead atoms. The lowest BCUT2D eigenvalue weighted by Gasteiger charge is -2.37. The van der Waals surface area contributed by atoms with E-state index in [-0.39, 0.29) is 43.3 Å². The van der Waals surface area contributed by atoms with Crippen molar-refractivity contribution < 1.29 is 28.2 Å². The standard InChI is InChI=1S/C25H28N2O6S/c1-30-14-12-26(25(29)22-8-5-13-32-22)16-24(28)27-11-9-23-18(10-15-34-23)19(27)17-33-21-7-4-3-6-20(21)31-2/h3-8,10,13,15,19H,9,11-12,14,16-17H2,1-2H3/t19-/m0/s1. The van der Waals surface area contributed by atoms with Gasteiger partial charge in [-0.05, 0) is 47.7 Å². The quantitative estimate of drug-likeness (QED) is 0.437. The normalized spacial score (nSPS) is 15.0. The Morgan fingerprint density at radius 3 is 2.71 bits per heavy atom. The zero-order valence-corrected chi connectivity index (χ0v) is 20.1. The number of carbonyl (C=O) groups excluding carboxylic acids is 2. The maximum absolute atomic E-state index is 13.5. The predicted molar refractivity (Wildman–Crippen MR) is 127 cm³/mol. The second-order valence-corrected chi connectivity index (χ2v) is 8.81. The van der Waals surface area contributed by atoms with Crippen LogP contribution in [0.15, 0.2) is 58.5 Å². The number of amides is 2. The molecule has 0 aliphatic carbocycles. The molecule has 4 rings (SSSR count). The van der Waals surface area contributed by atoms with Gasteiger partial charge in [0.25, 0.3) is 5.91 Å². The van der Waals surface area contributed by atoms with Crippen LogP contribution in [0, 0.1) is 0 Å². The molecule has 1 aromatic carbocycles. The van der Waals surface area contributed by atoms with Crippen molar-refractivity contribution in [1.29, 1.82) is 0 Å². The molecular formula is C25H28N2O6S. The Labute approximate surface area is 202 Å². The molecule has 0 saturated carbocycles. The lowest BCUT2D eigenvalue weighted by Crippen LogP contribution is -2.48. The summed E-state index contributed by atoms with van der Waals surface area (Å²) < 4.78 is 21.9. The van der Waals surface area contributed by atoms with Crippen LogP contribution < -0.4 is 9.47 Å². The van der Waals surface area contributed by atoms with Crippen LogP contribution >= 0.6 is 11.3 Å². The fourth-order valence-electron chi connectivity index (χ4n) is 4.05. The maximum Gasteiger partial charge on any atom is 0.290 e. The second-order valence-electron chi connectivity index (χ2n) is 7.81. The summed E-state index contributed by atoms with van der Waals surface area (Å²) in [4.78, 5) is 30.9. The minimum absolute atomic E-state index is 0.0759. The van der Waals surface area contributed by atoms with Crippen LogP contribution in [0.1, 0.15) is 27.0 Å². The fourth-order valence-corrected chi connectivity index (χ4v) is 4.97. The molecule has 180 valence electrons. The van der Waals surface area contributed by atoms with E-state index in [2.05, 4.69) is 0 Å². The average Bonchev–Trinajstić information content (AvgIpc) is 3.57. The van der Waals surface area contributed by atoms with Crippen molar-refractivity contribution in [1.82, 2.24) is 9.80 Å². The first kappa shape index (κ1) is 23.8. The minimum atomic E-state index is -0.342. The van der Waals surface area contributed by atoms with Crippen LogP contribution in [-0.2, 0) is 16.0 Å². The number of methoxy groups -OCH3 is 2. The van der Waals surface area contributed by atoms with Crippen LogP contribution in [0.25, 0.3) is 0 Å². The Bertz CT molecular complexity index is 1100. The molecule has 0 fully saturated rings. The van der Waals surface area contributed by atoms with Gasteiger partial charge in [0, 0.05) is 25.1 Å². The Balaban J connectivity index is 1.52. The van der Waals surface area contributed by atoms with E-state index in [1.54, 1.807) is 42.6 Å². The summed E-state index contributed by atoms with van der Waals surface area (Å²) in [5, 5.41) is 2.04. The van der Waals surface area contributed by atoms with E-state index in [0.717, 1.165) is 12.0 Å². The molecule has 2 amide bonds. The van der Waals surface area contributed by atoms with Gasteiger partial charge in [-0.1, -0.05) is 12.1 Å². The van der Waals surface area contributed by atoms with Gasteiger partial charge in [-0.3, -0.25) is 9.59 Å². The zero-order valence-electron chi connectivity index (χ0n) is 19.3. The number of para-hydroxylation sites is 2. The van der Waals surface area contributed by atoms with Crippen LogP contribution in [0.5, 0.6) is 11.5 Å². The van der Waals surface area contributed by atoms with Crippen molar-refractivity contribution >= 4 is 23.2 Å². The molecule has 0 N–H and O–H groups in total. The van der Waals surface area contributed by atoms with Crippen LogP contribution in [0.4, 0.5) is 0 Å². The van der Waals surface area contributed by atoms with E-state index in [1.165, 1.54) is 16.0 Å². The smallest absolute Gasteiger partial charge is 0.290 e. The third-order valence-electron chi connectivity index (χ3n) is 5.79. The third-order valence-corrected chi connectivity index (χ3v) is 6.79. The van der Waals surface area contributed by atoms with Gasteiger partial charge in [-0.15, -0.1) is 11.3 Å². The summed E-state index contributed by atoms with van der Waals surface area (Å²) >= 11 is 1.69. The molecule has 34 heavy (non-hydrogen) atoms. The summed E-state index contributed by atoms with van der Waals surface area (Å²) in [6.07, 6.45) is 2.21. The Morgan fingerprint density at radius 1 is 1.15 bits per heavy atom. The lowest BCUT2D eigenvalue weighted by molar-refractivity contribution is -0.135. The summed E-state index contributed by atoms with van der Waals surface area (Å²) in [7, 11) is 3.16. The molecular weight excluding hydrogens is 456 g/mol. The number of thiophene rings is 1. The Kier molecular flexibility index (Phi) is 7.87. The molecule has 0 radical (unpaired) electrons. The number of benzene rings is 1. The van der Waals surface area contributed by atoms with Gasteiger partial charge in [-0.25, -0.2) is 0 Å². The first-order valence-corrected chi connectivity index (χ1v) is 11.9. The van der Waals surface area contributed by atoms with Gasteiger partial charge in [0.2, 0.25) is 5.91 Å². The zero-order chi connectivity index (χ0) is 23.9. The van der Waals surface area contributed by atoms with Crippen LogP contribution in [-0.4, -0.2) is 68.7 Å². The van der Waals surface area contributed by atoms with Crippen molar-refractivity contribution in [2.24, 2.45) is 0 Å². The van der Waals surface area contributed by atoms with Gasteiger partial charge >= 0.3 is 0 Å². The molecule has 1 atom stereocenters. The minimum Gasteiger partial charge on any atom is -0.493 e. The predicted octanol–water partition coefficient (Wildman–Crippen LogP) is 3.64. The topological polar surface area (TPSA) is 81.5 Å². The van der Waals surface area contributed by atoms with Crippen molar-refractivity contribution in [3.63, 3.8) is 0 Å².